The predicted molar refractivity (Wildman–Crippen MR) is 85.6 cm³/mol. The van der Waals surface area contributed by atoms with Crippen LogP contribution in [-0.4, -0.2) is 15.9 Å². The minimum Gasteiger partial charge on any atom is -0.469 e. The van der Waals surface area contributed by atoms with Crippen molar-refractivity contribution in [2.24, 2.45) is 0 Å². The number of rotatable bonds is 5. The summed E-state index contributed by atoms with van der Waals surface area (Å²) in [5, 5.41) is 2.82. The minimum atomic E-state index is -0.288. The molecule has 1 aromatic carbocycles. The third-order valence-electron chi connectivity index (χ3n) is 3.26. The molecular weight excluding hydrogens is 292 g/mol. The molecule has 0 unspecified atom stereocenters. The molecule has 6 nitrogen and oxygen atoms in total. The molecule has 0 saturated heterocycles. The van der Waals surface area contributed by atoms with Crippen LogP contribution in [0.5, 0.6) is 0 Å². The molecule has 0 atom stereocenters. The number of nitrogen functional groups attached to an aromatic ring is 1. The van der Waals surface area contributed by atoms with Gasteiger partial charge >= 0.3 is 0 Å². The molecule has 0 aliphatic heterocycles. The van der Waals surface area contributed by atoms with Gasteiger partial charge in [-0.15, -0.1) is 0 Å². The van der Waals surface area contributed by atoms with E-state index in [4.69, 9.17) is 10.2 Å². The number of amides is 1. The maximum Gasteiger partial charge on any atom is 0.270 e. The highest BCUT2D eigenvalue weighted by molar-refractivity contribution is 5.92. The zero-order chi connectivity index (χ0) is 16.1. The molecule has 2 heterocycles. The fourth-order valence-corrected chi connectivity index (χ4v) is 2.19. The first-order valence-corrected chi connectivity index (χ1v) is 7.18. The van der Waals surface area contributed by atoms with E-state index in [1.807, 2.05) is 36.4 Å². The van der Waals surface area contributed by atoms with Crippen LogP contribution in [0.4, 0.5) is 5.95 Å². The monoisotopic (exact) mass is 308 g/mol. The second-order valence-electron chi connectivity index (χ2n) is 5.03. The Balaban J connectivity index is 1.71. The molecule has 3 aromatic rings. The summed E-state index contributed by atoms with van der Waals surface area (Å²) in [6.07, 6.45) is 2.05. The van der Waals surface area contributed by atoms with Crippen molar-refractivity contribution in [1.82, 2.24) is 15.3 Å². The number of anilines is 1. The van der Waals surface area contributed by atoms with Gasteiger partial charge in [0.15, 0.2) is 0 Å². The Hall–Kier alpha value is -3.15. The van der Waals surface area contributed by atoms with E-state index in [2.05, 4.69) is 15.3 Å². The van der Waals surface area contributed by atoms with E-state index in [0.717, 1.165) is 11.3 Å². The molecule has 0 spiro atoms. The highest BCUT2D eigenvalue weighted by Gasteiger charge is 2.11. The van der Waals surface area contributed by atoms with Crippen molar-refractivity contribution in [3.05, 3.63) is 77.5 Å². The van der Waals surface area contributed by atoms with Crippen LogP contribution in [0.3, 0.4) is 0 Å². The SMILES string of the molecule is Nc1nc(Cc2ccco2)cc(C(=O)NCc2ccccc2)n1. The van der Waals surface area contributed by atoms with Gasteiger partial charge < -0.3 is 15.5 Å². The van der Waals surface area contributed by atoms with Crippen LogP contribution in [0.15, 0.2) is 59.2 Å². The smallest absolute Gasteiger partial charge is 0.270 e. The van der Waals surface area contributed by atoms with Gasteiger partial charge in [0, 0.05) is 13.0 Å². The molecule has 3 rings (SSSR count). The van der Waals surface area contributed by atoms with Crippen molar-refractivity contribution in [2.75, 3.05) is 5.73 Å². The van der Waals surface area contributed by atoms with Gasteiger partial charge in [-0.1, -0.05) is 30.3 Å². The van der Waals surface area contributed by atoms with Crippen molar-refractivity contribution >= 4 is 11.9 Å². The molecular formula is C17H16N4O2. The van der Waals surface area contributed by atoms with Gasteiger partial charge in [0.2, 0.25) is 5.95 Å². The zero-order valence-corrected chi connectivity index (χ0v) is 12.4. The van der Waals surface area contributed by atoms with Gasteiger partial charge in [0.05, 0.1) is 12.0 Å². The van der Waals surface area contributed by atoms with Crippen molar-refractivity contribution in [3.8, 4) is 0 Å². The third kappa shape index (κ3) is 3.94. The van der Waals surface area contributed by atoms with Crippen molar-refractivity contribution in [3.63, 3.8) is 0 Å². The summed E-state index contributed by atoms with van der Waals surface area (Å²) in [5.41, 5.74) is 7.60. The maximum atomic E-state index is 12.2. The first-order chi connectivity index (χ1) is 11.2. The third-order valence-corrected chi connectivity index (χ3v) is 3.26. The maximum absolute atomic E-state index is 12.2. The lowest BCUT2D eigenvalue weighted by molar-refractivity contribution is 0.0945. The van der Waals surface area contributed by atoms with E-state index in [9.17, 15) is 4.79 Å². The Morgan fingerprint density at radius 1 is 1.13 bits per heavy atom. The lowest BCUT2D eigenvalue weighted by Gasteiger charge is -2.07. The van der Waals surface area contributed by atoms with E-state index in [0.29, 0.717) is 18.7 Å². The quantitative estimate of drug-likeness (QED) is 0.753. The number of carbonyl (C=O) groups is 1. The lowest BCUT2D eigenvalue weighted by Crippen LogP contribution is -2.24. The second kappa shape index (κ2) is 6.74. The molecule has 0 aliphatic rings. The molecule has 0 bridgehead atoms. The fourth-order valence-electron chi connectivity index (χ4n) is 2.19. The summed E-state index contributed by atoms with van der Waals surface area (Å²) >= 11 is 0. The number of carbonyl (C=O) groups excluding carboxylic acids is 1. The van der Waals surface area contributed by atoms with Crippen LogP contribution in [0.2, 0.25) is 0 Å². The number of nitrogens with zero attached hydrogens (tertiary/aromatic N) is 2. The van der Waals surface area contributed by atoms with E-state index in [-0.39, 0.29) is 17.5 Å². The molecule has 1 amide bonds. The average molecular weight is 308 g/mol. The number of hydrogen-bond donors (Lipinski definition) is 2. The van der Waals surface area contributed by atoms with E-state index >= 15 is 0 Å². The van der Waals surface area contributed by atoms with Gasteiger partial charge in [-0.2, -0.15) is 0 Å². The summed E-state index contributed by atoms with van der Waals surface area (Å²) < 4.78 is 5.28. The Kier molecular flexibility index (Phi) is 4.33. The number of aromatic nitrogens is 2. The van der Waals surface area contributed by atoms with E-state index in [1.54, 1.807) is 18.4 Å². The zero-order valence-electron chi connectivity index (χ0n) is 12.4. The standard InChI is InChI=1S/C17H16N4O2/c18-17-20-13(9-14-7-4-8-23-14)10-15(21-17)16(22)19-11-12-5-2-1-3-6-12/h1-8,10H,9,11H2,(H,19,22)(H2,18,20,21). The summed E-state index contributed by atoms with van der Waals surface area (Å²) in [4.78, 5) is 20.4. The van der Waals surface area contributed by atoms with Crippen LogP contribution in [0, 0.1) is 0 Å². The van der Waals surface area contributed by atoms with E-state index in [1.165, 1.54) is 0 Å². The first kappa shape index (κ1) is 14.8. The van der Waals surface area contributed by atoms with Crippen LogP contribution in [0.1, 0.15) is 27.5 Å². The summed E-state index contributed by atoms with van der Waals surface area (Å²) in [6, 6.07) is 14.9. The summed E-state index contributed by atoms with van der Waals surface area (Å²) in [7, 11) is 0. The van der Waals surface area contributed by atoms with Crippen LogP contribution in [-0.2, 0) is 13.0 Å². The molecule has 116 valence electrons. The molecule has 6 heteroatoms. The highest BCUT2D eigenvalue weighted by Crippen LogP contribution is 2.10. The largest absolute Gasteiger partial charge is 0.469 e. The first-order valence-electron chi connectivity index (χ1n) is 7.18. The van der Waals surface area contributed by atoms with Crippen LogP contribution < -0.4 is 11.1 Å². The molecule has 0 saturated carbocycles. The molecule has 23 heavy (non-hydrogen) atoms. The Morgan fingerprint density at radius 3 is 2.70 bits per heavy atom. The van der Waals surface area contributed by atoms with Gasteiger partial charge in [0.25, 0.3) is 5.91 Å². The molecule has 0 aliphatic carbocycles. The number of nitrogens with two attached hydrogens (primary N) is 1. The normalized spacial score (nSPS) is 10.4. The second-order valence-corrected chi connectivity index (χ2v) is 5.03. The topological polar surface area (TPSA) is 94.0 Å². The molecule has 2 aromatic heterocycles. The van der Waals surface area contributed by atoms with Gasteiger partial charge in [-0.25, -0.2) is 9.97 Å². The van der Waals surface area contributed by atoms with Crippen molar-refractivity contribution < 1.29 is 9.21 Å². The molecule has 3 N–H and O–H groups in total. The van der Waals surface area contributed by atoms with Crippen molar-refractivity contribution in [1.29, 1.82) is 0 Å². The Labute approximate surface area is 133 Å². The van der Waals surface area contributed by atoms with Crippen molar-refractivity contribution in [2.45, 2.75) is 13.0 Å². The Bertz CT molecular complexity index is 786. The van der Waals surface area contributed by atoms with E-state index < -0.39 is 0 Å². The number of furan rings is 1. The number of benzene rings is 1. The highest BCUT2D eigenvalue weighted by atomic mass is 16.3. The predicted octanol–water partition coefficient (Wildman–Crippen LogP) is 2.17. The average Bonchev–Trinajstić information content (AvgIpc) is 3.06. The summed E-state index contributed by atoms with van der Waals surface area (Å²) in [5.74, 6) is 0.529. The summed E-state index contributed by atoms with van der Waals surface area (Å²) in [6.45, 7) is 0.428. The van der Waals surface area contributed by atoms with Crippen LogP contribution in [0.25, 0.3) is 0 Å². The Morgan fingerprint density at radius 2 is 1.96 bits per heavy atom. The number of nitrogens with one attached hydrogen (secondary N) is 1. The fraction of sp³-hybridized carbons (Fsp3) is 0.118. The van der Waals surface area contributed by atoms with Gasteiger partial charge in [0.1, 0.15) is 11.5 Å². The molecule has 0 fully saturated rings. The minimum absolute atomic E-state index is 0.0684. The number of hydrogen-bond acceptors (Lipinski definition) is 5. The van der Waals surface area contributed by atoms with Crippen LogP contribution >= 0.6 is 0 Å². The van der Waals surface area contributed by atoms with Gasteiger partial charge in [-0.3, -0.25) is 4.79 Å². The molecule has 0 radical (unpaired) electrons. The van der Waals surface area contributed by atoms with Gasteiger partial charge in [-0.05, 0) is 23.8 Å². The lowest BCUT2D eigenvalue weighted by atomic mass is 10.2.